The summed E-state index contributed by atoms with van der Waals surface area (Å²) >= 11 is 0. The van der Waals surface area contributed by atoms with E-state index in [-0.39, 0.29) is 11.9 Å². The fourth-order valence-electron chi connectivity index (χ4n) is 3.31. The highest BCUT2D eigenvalue weighted by molar-refractivity contribution is 5.94. The van der Waals surface area contributed by atoms with Crippen molar-refractivity contribution in [2.45, 2.75) is 25.5 Å². The van der Waals surface area contributed by atoms with Gasteiger partial charge in [0.1, 0.15) is 11.4 Å². The van der Waals surface area contributed by atoms with Gasteiger partial charge in [0, 0.05) is 19.8 Å². The van der Waals surface area contributed by atoms with Crippen LogP contribution >= 0.6 is 0 Å². The van der Waals surface area contributed by atoms with Crippen LogP contribution < -0.4 is 4.74 Å². The number of nitrogens with zero attached hydrogens (tertiary/aromatic N) is 2. The van der Waals surface area contributed by atoms with Gasteiger partial charge in [-0.2, -0.15) is 0 Å². The molecule has 0 bridgehead atoms. The normalized spacial score (nSPS) is 20.8. The molecule has 1 aliphatic rings. The van der Waals surface area contributed by atoms with Crippen LogP contribution in [0.3, 0.4) is 0 Å². The predicted molar refractivity (Wildman–Crippen MR) is 87.5 cm³/mol. The number of carbonyl (C=O) groups excluding carboxylic acids is 1. The van der Waals surface area contributed by atoms with Crippen molar-refractivity contribution < 1.29 is 14.6 Å². The molecule has 2 aromatic rings. The van der Waals surface area contributed by atoms with Crippen molar-refractivity contribution in [3.05, 3.63) is 53.3 Å². The zero-order valence-electron chi connectivity index (χ0n) is 13.7. The molecule has 0 aliphatic carbocycles. The number of hydrogen-bond acceptors (Lipinski definition) is 3. The van der Waals surface area contributed by atoms with E-state index in [9.17, 15) is 9.90 Å². The fraction of sp³-hybridized carbons (Fsp3) is 0.389. The lowest BCUT2D eigenvalue weighted by Gasteiger charge is -2.25. The Labute approximate surface area is 136 Å². The molecule has 1 aliphatic heterocycles. The van der Waals surface area contributed by atoms with Crippen LogP contribution in [0.1, 0.15) is 34.1 Å². The molecule has 0 radical (unpaired) electrons. The Morgan fingerprint density at radius 1 is 1.35 bits per heavy atom. The van der Waals surface area contributed by atoms with Crippen LogP contribution in [0.5, 0.6) is 5.75 Å². The largest absolute Gasteiger partial charge is 0.497 e. The average molecular weight is 314 g/mol. The number of β-amino-alcohol motifs (C(OH)–C–C–N with tert-alkyl or cyclic N) is 1. The minimum atomic E-state index is -0.504. The van der Waals surface area contributed by atoms with Crippen molar-refractivity contribution >= 4 is 5.91 Å². The summed E-state index contributed by atoms with van der Waals surface area (Å²) in [7, 11) is 3.49. The highest BCUT2D eigenvalue weighted by Crippen LogP contribution is 2.35. The molecule has 122 valence electrons. The first-order chi connectivity index (χ1) is 11.0. The quantitative estimate of drug-likeness (QED) is 0.946. The van der Waals surface area contributed by atoms with E-state index in [1.165, 1.54) is 0 Å². The topological polar surface area (TPSA) is 54.7 Å². The van der Waals surface area contributed by atoms with Crippen LogP contribution in [0, 0.1) is 6.92 Å². The standard InChI is InChI=1S/C18H22N2O3/c1-12-7-8-19(2)17(12)18(22)20-11-14(21)10-16(20)13-5-4-6-15(9-13)23-3/h4-9,14,16,21H,10-11H2,1-3H3/t14-,16+/m1/s1. The molecule has 0 saturated carbocycles. The van der Waals surface area contributed by atoms with Gasteiger partial charge in [0.05, 0.1) is 19.3 Å². The Balaban J connectivity index is 1.95. The minimum Gasteiger partial charge on any atom is -0.497 e. The van der Waals surface area contributed by atoms with Gasteiger partial charge in [0.15, 0.2) is 0 Å². The van der Waals surface area contributed by atoms with E-state index in [0.717, 1.165) is 16.9 Å². The number of rotatable bonds is 3. The van der Waals surface area contributed by atoms with Crippen molar-refractivity contribution in [1.82, 2.24) is 9.47 Å². The SMILES string of the molecule is COc1cccc([C@@H]2C[C@@H](O)CN2C(=O)c2c(C)ccn2C)c1. The van der Waals surface area contributed by atoms with E-state index in [1.807, 2.05) is 55.1 Å². The maximum Gasteiger partial charge on any atom is 0.271 e. The van der Waals surface area contributed by atoms with Gasteiger partial charge in [0.2, 0.25) is 0 Å². The number of likely N-dealkylation sites (tertiary alicyclic amines) is 1. The third-order valence-electron chi connectivity index (χ3n) is 4.50. The molecule has 3 rings (SSSR count). The summed E-state index contributed by atoms with van der Waals surface area (Å²) < 4.78 is 7.12. The Morgan fingerprint density at radius 3 is 2.78 bits per heavy atom. The second-order valence-electron chi connectivity index (χ2n) is 6.10. The Morgan fingerprint density at radius 2 is 2.13 bits per heavy atom. The van der Waals surface area contributed by atoms with Gasteiger partial charge < -0.3 is 19.3 Å². The van der Waals surface area contributed by atoms with E-state index < -0.39 is 6.10 Å². The molecule has 0 unspecified atom stereocenters. The second-order valence-corrected chi connectivity index (χ2v) is 6.10. The predicted octanol–water partition coefficient (Wildman–Crippen LogP) is 2.29. The summed E-state index contributed by atoms with van der Waals surface area (Å²) in [5.41, 5.74) is 2.61. The molecular weight excluding hydrogens is 292 g/mol. The lowest BCUT2D eigenvalue weighted by Crippen LogP contribution is -2.33. The summed E-state index contributed by atoms with van der Waals surface area (Å²) in [5.74, 6) is 0.714. The molecule has 2 heterocycles. The van der Waals surface area contributed by atoms with Crippen LogP contribution in [0.25, 0.3) is 0 Å². The maximum atomic E-state index is 13.0. The zero-order valence-corrected chi connectivity index (χ0v) is 13.7. The van der Waals surface area contributed by atoms with Crippen molar-refractivity contribution in [2.75, 3.05) is 13.7 Å². The number of hydrogen-bond donors (Lipinski definition) is 1. The first-order valence-electron chi connectivity index (χ1n) is 7.76. The molecule has 1 aromatic heterocycles. The monoisotopic (exact) mass is 314 g/mol. The fourth-order valence-corrected chi connectivity index (χ4v) is 3.31. The van der Waals surface area contributed by atoms with Crippen LogP contribution in [-0.4, -0.2) is 40.2 Å². The Hall–Kier alpha value is -2.27. The van der Waals surface area contributed by atoms with E-state index in [4.69, 9.17) is 4.74 Å². The van der Waals surface area contributed by atoms with Crippen molar-refractivity contribution in [1.29, 1.82) is 0 Å². The summed E-state index contributed by atoms with van der Waals surface area (Å²) in [4.78, 5) is 14.8. The smallest absolute Gasteiger partial charge is 0.271 e. The van der Waals surface area contributed by atoms with Gasteiger partial charge >= 0.3 is 0 Å². The van der Waals surface area contributed by atoms with Crippen LogP contribution in [0.4, 0.5) is 0 Å². The van der Waals surface area contributed by atoms with E-state index in [0.29, 0.717) is 18.7 Å². The number of carbonyl (C=O) groups is 1. The zero-order chi connectivity index (χ0) is 16.6. The highest BCUT2D eigenvalue weighted by atomic mass is 16.5. The first-order valence-corrected chi connectivity index (χ1v) is 7.76. The number of benzene rings is 1. The number of aromatic nitrogens is 1. The van der Waals surface area contributed by atoms with E-state index in [1.54, 1.807) is 12.0 Å². The Kier molecular flexibility index (Phi) is 4.13. The van der Waals surface area contributed by atoms with Gasteiger partial charge in [-0.05, 0) is 42.7 Å². The lowest BCUT2D eigenvalue weighted by atomic mass is 10.0. The molecule has 2 atom stereocenters. The van der Waals surface area contributed by atoms with Gasteiger partial charge in [-0.1, -0.05) is 12.1 Å². The van der Waals surface area contributed by atoms with Crippen molar-refractivity contribution in [2.24, 2.45) is 7.05 Å². The van der Waals surface area contributed by atoms with Gasteiger partial charge in [-0.15, -0.1) is 0 Å². The molecule has 1 fully saturated rings. The number of ether oxygens (including phenoxy) is 1. The van der Waals surface area contributed by atoms with Crippen LogP contribution in [0.15, 0.2) is 36.5 Å². The third-order valence-corrected chi connectivity index (χ3v) is 4.50. The molecular formula is C18H22N2O3. The first kappa shape index (κ1) is 15.6. The summed E-state index contributed by atoms with van der Waals surface area (Å²) in [6.45, 7) is 2.28. The molecule has 1 N–H and O–H groups in total. The Bertz CT molecular complexity index is 703. The summed E-state index contributed by atoms with van der Waals surface area (Å²) in [5, 5.41) is 10.1. The molecule has 5 heteroatoms. The number of aliphatic hydroxyl groups is 1. The van der Waals surface area contributed by atoms with Crippen LogP contribution in [-0.2, 0) is 7.05 Å². The summed E-state index contributed by atoms with van der Waals surface area (Å²) in [6, 6.07) is 9.49. The third kappa shape index (κ3) is 2.84. The van der Waals surface area contributed by atoms with Crippen molar-refractivity contribution in [3.8, 4) is 5.75 Å². The maximum absolute atomic E-state index is 13.0. The minimum absolute atomic E-state index is 0.0423. The lowest BCUT2D eigenvalue weighted by molar-refractivity contribution is 0.0705. The van der Waals surface area contributed by atoms with E-state index in [2.05, 4.69) is 0 Å². The molecule has 1 aromatic carbocycles. The second kappa shape index (κ2) is 6.08. The van der Waals surface area contributed by atoms with E-state index >= 15 is 0 Å². The molecule has 1 amide bonds. The number of methoxy groups -OCH3 is 1. The summed E-state index contributed by atoms with van der Waals surface area (Å²) in [6.07, 6.45) is 1.92. The highest BCUT2D eigenvalue weighted by Gasteiger charge is 2.37. The molecule has 1 saturated heterocycles. The number of aliphatic hydroxyl groups excluding tert-OH is 1. The molecule has 0 spiro atoms. The van der Waals surface area contributed by atoms with Crippen molar-refractivity contribution in [3.63, 3.8) is 0 Å². The van der Waals surface area contributed by atoms with Crippen LogP contribution in [0.2, 0.25) is 0 Å². The van der Waals surface area contributed by atoms with Gasteiger partial charge in [-0.25, -0.2) is 0 Å². The van der Waals surface area contributed by atoms with Gasteiger partial charge in [-0.3, -0.25) is 4.79 Å². The number of amides is 1. The number of aryl methyl sites for hydroxylation is 2. The molecule has 23 heavy (non-hydrogen) atoms. The average Bonchev–Trinajstić information content (AvgIpc) is 3.09. The molecule has 5 nitrogen and oxygen atoms in total. The van der Waals surface area contributed by atoms with Gasteiger partial charge in [0.25, 0.3) is 5.91 Å².